The lowest BCUT2D eigenvalue weighted by atomic mass is 10.2. The number of anilines is 1. The lowest BCUT2D eigenvalue weighted by Crippen LogP contribution is -2.44. The number of guanidine groups is 1. The highest BCUT2D eigenvalue weighted by atomic mass is 127. The summed E-state index contributed by atoms with van der Waals surface area (Å²) in [5.41, 5.74) is 0.949. The van der Waals surface area contributed by atoms with E-state index in [1.54, 1.807) is 13.2 Å². The lowest BCUT2D eigenvalue weighted by molar-refractivity contribution is 0.0671. The molecule has 0 amide bonds. The predicted octanol–water partition coefficient (Wildman–Crippen LogP) is 3.89. The van der Waals surface area contributed by atoms with Crippen LogP contribution in [0.5, 0.6) is 5.75 Å². The summed E-state index contributed by atoms with van der Waals surface area (Å²) < 4.78 is 32.2. The van der Waals surface area contributed by atoms with Gasteiger partial charge in [0.25, 0.3) is 0 Å². The van der Waals surface area contributed by atoms with Gasteiger partial charge in [0, 0.05) is 43.1 Å². The first-order valence-corrected chi connectivity index (χ1v) is 9.82. The smallest absolute Gasteiger partial charge is 0.319 e. The van der Waals surface area contributed by atoms with E-state index in [9.17, 15) is 8.78 Å². The first-order valence-electron chi connectivity index (χ1n) is 9.45. The number of benzene rings is 1. The Morgan fingerprint density at radius 2 is 2.23 bits per heavy atom. The van der Waals surface area contributed by atoms with E-state index in [0.29, 0.717) is 17.5 Å². The van der Waals surface area contributed by atoms with Crippen molar-refractivity contribution in [3.05, 3.63) is 41.4 Å². The molecule has 0 bridgehead atoms. The van der Waals surface area contributed by atoms with E-state index < -0.39 is 6.55 Å². The minimum atomic E-state index is -2.63. The summed E-state index contributed by atoms with van der Waals surface area (Å²) in [6, 6.07) is 5.70. The number of aliphatic imine (C=N–C) groups is 1. The van der Waals surface area contributed by atoms with Crippen molar-refractivity contribution in [2.24, 2.45) is 4.99 Å². The molecule has 3 rings (SSSR count). The maximum atomic E-state index is 13.0. The Morgan fingerprint density at radius 3 is 2.93 bits per heavy atom. The van der Waals surface area contributed by atoms with Crippen LogP contribution in [0.25, 0.3) is 0 Å². The minimum absolute atomic E-state index is 0. The van der Waals surface area contributed by atoms with Crippen molar-refractivity contribution >= 4 is 47.2 Å². The topological polar surface area (TPSA) is 66.7 Å². The number of aromatic nitrogens is 2. The van der Waals surface area contributed by atoms with Gasteiger partial charge in [-0.1, -0.05) is 11.6 Å². The average molecular weight is 555 g/mol. The first kappa shape index (κ1) is 24.4. The minimum Gasteiger partial charge on any atom is -0.495 e. The number of hydrogen-bond acceptors (Lipinski definition) is 4. The van der Waals surface area contributed by atoms with Gasteiger partial charge in [0.05, 0.1) is 12.8 Å². The van der Waals surface area contributed by atoms with Crippen molar-refractivity contribution < 1.29 is 13.5 Å². The number of halogens is 4. The SMILES string of the molecule is CCNC(=NCc1nccn1C(F)F)NC1CCN(c2cc(Cl)ccc2OC)C1.I. The molecule has 0 saturated carbocycles. The van der Waals surface area contributed by atoms with Crippen LogP contribution in [0.2, 0.25) is 5.02 Å². The van der Waals surface area contributed by atoms with E-state index in [-0.39, 0.29) is 42.4 Å². The molecule has 2 heterocycles. The number of alkyl halides is 2. The third kappa shape index (κ3) is 6.10. The van der Waals surface area contributed by atoms with Crippen molar-refractivity contribution in [3.63, 3.8) is 0 Å². The maximum absolute atomic E-state index is 13.0. The Bertz CT molecular complexity index is 850. The summed E-state index contributed by atoms with van der Waals surface area (Å²) in [7, 11) is 1.64. The van der Waals surface area contributed by atoms with Crippen LogP contribution < -0.4 is 20.3 Å². The Morgan fingerprint density at radius 1 is 1.43 bits per heavy atom. The van der Waals surface area contributed by atoms with Crippen LogP contribution in [-0.4, -0.2) is 48.3 Å². The largest absolute Gasteiger partial charge is 0.495 e. The van der Waals surface area contributed by atoms with Crippen LogP contribution in [-0.2, 0) is 6.54 Å². The average Bonchev–Trinajstić information content (AvgIpc) is 3.35. The number of nitrogens with zero attached hydrogens (tertiary/aromatic N) is 4. The highest BCUT2D eigenvalue weighted by Crippen LogP contribution is 2.33. The molecule has 7 nitrogen and oxygen atoms in total. The first-order chi connectivity index (χ1) is 14.0. The number of imidazole rings is 1. The number of methoxy groups -OCH3 is 1. The summed E-state index contributed by atoms with van der Waals surface area (Å²) in [5, 5.41) is 7.19. The normalized spacial score (nSPS) is 16.5. The van der Waals surface area contributed by atoms with Gasteiger partial charge in [0.1, 0.15) is 18.1 Å². The summed E-state index contributed by atoms with van der Waals surface area (Å²) in [6.07, 6.45) is 3.50. The Balaban J connectivity index is 0.00000320. The monoisotopic (exact) mass is 554 g/mol. The van der Waals surface area contributed by atoms with Crippen molar-refractivity contribution in [1.82, 2.24) is 20.2 Å². The molecule has 2 aromatic rings. The lowest BCUT2D eigenvalue weighted by Gasteiger charge is -2.22. The van der Waals surface area contributed by atoms with Crippen molar-refractivity contribution in [2.75, 3.05) is 31.6 Å². The van der Waals surface area contributed by atoms with Crippen LogP contribution in [0.15, 0.2) is 35.6 Å². The zero-order valence-corrected chi connectivity index (χ0v) is 19.9. The summed E-state index contributed by atoms with van der Waals surface area (Å²) in [6.45, 7) is 1.62. The van der Waals surface area contributed by atoms with E-state index in [0.717, 1.165) is 35.5 Å². The highest BCUT2D eigenvalue weighted by molar-refractivity contribution is 14.0. The van der Waals surface area contributed by atoms with Gasteiger partial charge in [0.2, 0.25) is 0 Å². The fraction of sp³-hybridized carbons (Fsp3) is 0.474. The molecule has 1 aromatic carbocycles. The van der Waals surface area contributed by atoms with Gasteiger partial charge in [0.15, 0.2) is 5.96 Å². The van der Waals surface area contributed by atoms with Crippen LogP contribution in [0, 0.1) is 0 Å². The molecule has 2 N–H and O–H groups in total. The molecule has 1 unspecified atom stereocenters. The van der Waals surface area contributed by atoms with Gasteiger partial charge in [-0.15, -0.1) is 24.0 Å². The second-order valence-corrected chi connectivity index (χ2v) is 7.05. The zero-order valence-electron chi connectivity index (χ0n) is 16.8. The molecule has 1 aliphatic heterocycles. The van der Waals surface area contributed by atoms with Crippen molar-refractivity contribution in [3.8, 4) is 5.75 Å². The highest BCUT2D eigenvalue weighted by Gasteiger charge is 2.25. The Labute approximate surface area is 196 Å². The van der Waals surface area contributed by atoms with Gasteiger partial charge < -0.3 is 20.3 Å². The maximum Gasteiger partial charge on any atom is 0.319 e. The molecule has 11 heteroatoms. The quantitative estimate of drug-likeness (QED) is 0.309. The summed E-state index contributed by atoms with van der Waals surface area (Å²) in [4.78, 5) is 10.6. The summed E-state index contributed by atoms with van der Waals surface area (Å²) in [5.74, 6) is 1.56. The molecule has 1 aliphatic rings. The third-order valence-corrected chi connectivity index (χ3v) is 4.93. The molecule has 0 aliphatic carbocycles. The summed E-state index contributed by atoms with van der Waals surface area (Å²) >= 11 is 6.15. The number of ether oxygens (including phenoxy) is 1. The molecule has 1 atom stereocenters. The van der Waals surface area contributed by atoms with E-state index in [1.807, 2.05) is 19.1 Å². The van der Waals surface area contributed by atoms with Crippen LogP contribution >= 0.6 is 35.6 Å². The molecule has 1 saturated heterocycles. The molecular formula is C19H26ClF2IN6O. The molecule has 0 radical (unpaired) electrons. The number of rotatable bonds is 7. The second-order valence-electron chi connectivity index (χ2n) is 6.62. The zero-order chi connectivity index (χ0) is 20.8. The Hall–Kier alpha value is -1.82. The molecular weight excluding hydrogens is 529 g/mol. The van der Waals surface area contributed by atoms with E-state index in [4.69, 9.17) is 16.3 Å². The van der Waals surface area contributed by atoms with Crippen LogP contribution in [0.3, 0.4) is 0 Å². The number of nitrogens with one attached hydrogen (secondary N) is 2. The van der Waals surface area contributed by atoms with Crippen LogP contribution in [0.1, 0.15) is 25.7 Å². The third-order valence-electron chi connectivity index (χ3n) is 4.69. The molecule has 30 heavy (non-hydrogen) atoms. The van der Waals surface area contributed by atoms with Gasteiger partial charge in [-0.25, -0.2) is 9.98 Å². The second kappa shape index (κ2) is 11.5. The van der Waals surface area contributed by atoms with E-state index in [1.165, 1.54) is 12.4 Å². The van der Waals surface area contributed by atoms with Gasteiger partial charge >= 0.3 is 6.55 Å². The van der Waals surface area contributed by atoms with Gasteiger partial charge in [-0.05, 0) is 31.5 Å². The molecule has 1 aromatic heterocycles. The fourth-order valence-electron chi connectivity index (χ4n) is 3.31. The van der Waals surface area contributed by atoms with Gasteiger partial charge in [-0.3, -0.25) is 4.57 Å². The van der Waals surface area contributed by atoms with E-state index in [2.05, 4.69) is 25.5 Å². The molecule has 1 fully saturated rings. The number of hydrogen-bond donors (Lipinski definition) is 2. The molecule has 166 valence electrons. The van der Waals surface area contributed by atoms with Crippen LogP contribution in [0.4, 0.5) is 14.5 Å². The standard InChI is InChI=1S/C19H25ClF2N6O.HI/c1-3-23-19(25-11-17-24-7-9-28(17)18(21)22)26-14-6-8-27(12-14)15-10-13(20)4-5-16(15)29-2;/h4-5,7,9-10,14,18H,3,6,8,11-12H2,1-2H3,(H2,23,25,26);1H. The van der Waals surface area contributed by atoms with E-state index >= 15 is 0 Å². The van der Waals surface area contributed by atoms with Gasteiger partial charge in [-0.2, -0.15) is 8.78 Å². The Kier molecular flexibility index (Phi) is 9.40. The fourth-order valence-corrected chi connectivity index (χ4v) is 3.48. The molecule has 0 spiro atoms. The van der Waals surface area contributed by atoms with Crippen molar-refractivity contribution in [1.29, 1.82) is 0 Å². The predicted molar refractivity (Wildman–Crippen MR) is 125 cm³/mol. The van der Waals surface area contributed by atoms with Crippen molar-refractivity contribution in [2.45, 2.75) is 32.5 Å².